The van der Waals surface area contributed by atoms with Gasteiger partial charge in [-0.05, 0) is 30.9 Å². The monoisotopic (exact) mass is 217 g/mol. The van der Waals surface area contributed by atoms with Crippen molar-refractivity contribution in [1.82, 2.24) is 4.90 Å². The van der Waals surface area contributed by atoms with Gasteiger partial charge in [-0.25, -0.2) is 0 Å². The van der Waals surface area contributed by atoms with Crippen LogP contribution in [-0.2, 0) is 5.60 Å². The summed E-state index contributed by atoms with van der Waals surface area (Å²) in [5.74, 6) is 0.747. The van der Waals surface area contributed by atoms with E-state index in [9.17, 15) is 5.11 Å². The van der Waals surface area contributed by atoms with Crippen LogP contribution < -0.4 is 0 Å². The van der Waals surface area contributed by atoms with Crippen molar-refractivity contribution in [2.45, 2.75) is 31.4 Å². The van der Waals surface area contributed by atoms with Gasteiger partial charge in [0.2, 0.25) is 0 Å². The Morgan fingerprint density at radius 3 is 2.81 bits per heavy atom. The van der Waals surface area contributed by atoms with E-state index in [1.165, 1.54) is 6.42 Å². The molecule has 1 N–H and O–H groups in total. The number of nitrogens with zero attached hydrogens (tertiary/aromatic N) is 1. The average Bonchev–Trinajstić information content (AvgIpc) is 2.31. The molecule has 0 aromatic heterocycles. The van der Waals surface area contributed by atoms with Crippen LogP contribution in [0.25, 0.3) is 0 Å². The minimum Gasteiger partial charge on any atom is -0.382 e. The zero-order chi connectivity index (χ0) is 11.2. The summed E-state index contributed by atoms with van der Waals surface area (Å²) >= 11 is 0. The molecule has 2 heteroatoms. The molecule has 0 aliphatic carbocycles. The Morgan fingerprint density at radius 2 is 2.06 bits per heavy atom. The summed E-state index contributed by atoms with van der Waals surface area (Å²) in [5, 5.41) is 10.8. The van der Waals surface area contributed by atoms with Gasteiger partial charge >= 0.3 is 0 Å². The average molecular weight is 217 g/mol. The molecule has 2 nitrogen and oxygen atoms in total. The fourth-order valence-electron chi connectivity index (χ4n) is 3.19. The lowest BCUT2D eigenvalue weighted by Crippen LogP contribution is -2.69. The first-order chi connectivity index (χ1) is 7.70. The zero-order valence-electron chi connectivity index (χ0n) is 9.76. The van der Waals surface area contributed by atoms with E-state index >= 15 is 0 Å². The molecule has 2 fully saturated rings. The van der Waals surface area contributed by atoms with Crippen molar-refractivity contribution in [3.05, 3.63) is 35.9 Å². The van der Waals surface area contributed by atoms with Crippen LogP contribution >= 0.6 is 0 Å². The number of rotatable bonds is 1. The molecule has 0 saturated carbocycles. The van der Waals surface area contributed by atoms with Crippen molar-refractivity contribution in [2.75, 3.05) is 13.1 Å². The van der Waals surface area contributed by atoms with Crippen molar-refractivity contribution in [2.24, 2.45) is 5.92 Å². The van der Waals surface area contributed by atoms with Gasteiger partial charge in [-0.1, -0.05) is 37.3 Å². The summed E-state index contributed by atoms with van der Waals surface area (Å²) in [6.07, 6.45) is 2.41. The number of benzene rings is 1. The lowest BCUT2D eigenvalue weighted by Gasteiger charge is -2.58. The third-order valence-electron chi connectivity index (χ3n) is 4.24. The van der Waals surface area contributed by atoms with Gasteiger partial charge in [0.25, 0.3) is 0 Å². The predicted octanol–water partition coefficient (Wildman–Crippen LogP) is 1.99. The van der Waals surface area contributed by atoms with Gasteiger partial charge in [-0.3, -0.25) is 4.90 Å². The first-order valence-corrected chi connectivity index (χ1v) is 6.22. The highest BCUT2D eigenvalue weighted by molar-refractivity contribution is 5.29. The maximum absolute atomic E-state index is 10.8. The molecule has 16 heavy (non-hydrogen) atoms. The van der Waals surface area contributed by atoms with E-state index in [2.05, 4.69) is 24.0 Å². The molecule has 2 aliphatic heterocycles. The first-order valence-electron chi connectivity index (χ1n) is 6.22. The lowest BCUT2D eigenvalue weighted by atomic mass is 9.71. The van der Waals surface area contributed by atoms with E-state index in [0.29, 0.717) is 6.04 Å². The second kappa shape index (κ2) is 3.57. The van der Waals surface area contributed by atoms with E-state index in [-0.39, 0.29) is 0 Å². The molecule has 1 aromatic rings. The summed E-state index contributed by atoms with van der Waals surface area (Å²) in [5.41, 5.74) is 0.501. The molecule has 0 spiro atoms. The quantitative estimate of drug-likeness (QED) is 0.777. The minimum absolute atomic E-state index is 0.346. The van der Waals surface area contributed by atoms with Gasteiger partial charge in [0.15, 0.2) is 0 Å². The normalized spacial score (nSPS) is 38.9. The number of hydrogen-bond donors (Lipinski definition) is 1. The maximum Gasteiger partial charge on any atom is 0.118 e. The van der Waals surface area contributed by atoms with E-state index < -0.39 is 5.60 Å². The van der Waals surface area contributed by atoms with Gasteiger partial charge in [0.05, 0.1) is 0 Å². The number of fused-ring (bicyclic) bond motifs is 1. The molecule has 3 rings (SSSR count). The Labute approximate surface area is 96.9 Å². The molecule has 0 bridgehead atoms. The molecular weight excluding hydrogens is 198 g/mol. The SMILES string of the molecule is C[C@@H]1CCN2C[C@@](O)(c3ccccc3)[C@@H]2C1. The first kappa shape index (κ1) is 10.3. The fraction of sp³-hybridized carbons (Fsp3) is 0.571. The molecule has 0 unspecified atom stereocenters. The maximum atomic E-state index is 10.8. The second-order valence-electron chi connectivity index (χ2n) is 5.41. The smallest absolute Gasteiger partial charge is 0.118 e. The Hall–Kier alpha value is -0.860. The van der Waals surface area contributed by atoms with Crippen molar-refractivity contribution in [3.8, 4) is 0 Å². The second-order valence-corrected chi connectivity index (χ2v) is 5.41. The third kappa shape index (κ3) is 1.40. The van der Waals surface area contributed by atoms with Crippen molar-refractivity contribution in [1.29, 1.82) is 0 Å². The molecule has 2 aliphatic rings. The number of hydrogen-bond acceptors (Lipinski definition) is 2. The zero-order valence-corrected chi connectivity index (χ0v) is 9.76. The largest absolute Gasteiger partial charge is 0.382 e. The Kier molecular flexibility index (Phi) is 2.30. The van der Waals surface area contributed by atoms with Crippen molar-refractivity contribution < 1.29 is 5.11 Å². The number of aliphatic hydroxyl groups is 1. The van der Waals surface area contributed by atoms with Crippen molar-refractivity contribution in [3.63, 3.8) is 0 Å². The van der Waals surface area contributed by atoms with Gasteiger partial charge in [-0.15, -0.1) is 0 Å². The Balaban J connectivity index is 1.86. The van der Waals surface area contributed by atoms with Gasteiger partial charge < -0.3 is 5.11 Å². The highest BCUT2D eigenvalue weighted by atomic mass is 16.3. The predicted molar refractivity (Wildman–Crippen MR) is 64.1 cm³/mol. The molecule has 2 saturated heterocycles. The highest BCUT2D eigenvalue weighted by Gasteiger charge is 2.53. The van der Waals surface area contributed by atoms with Crippen LogP contribution in [0.3, 0.4) is 0 Å². The molecule has 86 valence electrons. The van der Waals surface area contributed by atoms with E-state index in [0.717, 1.165) is 31.0 Å². The summed E-state index contributed by atoms with van der Waals surface area (Å²) in [6, 6.07) is 10.5. The summed E-state index contributed by atoms with van der Waals surface area (Å²) in [6.45, 7) is 4.26. The van der Waals surface area contributed by atoms with Crippen LogP contribution in [0, 0.1) is 5.92 Å². The molecule has 3 atom stereocenters. The van der Waals surface area contributed by atoms with Crippen LogP contribution in [0.1, 0.15) is 25.3 Å². The minimum atomic E-state index is -0.587. The summed E-state index contributed by atoms with van der Waals surface area (Å²) in [7, 11) is 0. The van der Waals surface area contributed by atoms with Gasteiger partial charge in [0, 0.05) is 12.6 Å². The van der Waals surface area contributed by atoms with Crippen LogP contribution in [-0.4, -0.2) is 29.1 Å². The van der Waals surface area contributed by atoms with E-state index in [1.54, 1.807) is 0 Å². The lowest BCUT2D eigenvalue weighted by molar-refractivity contribution is -0.179. The van der Waals surface area contributed by atoms with E-state index in [4.69, 9.17) is 0 Å². The Morgan fingerprint density at radius 1 is 1.31 bits per heavy atom. The molecule has 0 radical (unpaired) electrons. The van der Waals surface area contributed by atoms with Crippen LogP contribution in [0.4, 0.5) is 0 Å². The molecule has 1 aromatic carbocycles. The van der Waals surface area contributed by atoms with Crippen LogP contribution in [0.15, 0.2) is 30.3 Å². The highest BCUT2D eigenvalue weighted by Crippen LogP contribution is 2.44. The summed E-state index contributed by atoms with van der Waals surface area (Å²) < 4.78 is 0. The van der Waals surface area contributed by atoms with Crippen LogP contribution in [0.2, 0.25) is 0 Å². The fourth-order valence-corrected chi connectivity index (χ4v) is 3.19. The van der Waals surface area contributed by atoms with Gasteiger partial charge in [-0.2, -0.15) is 0 Å². The molecule has 0 amide bonds. The summed E-state index contributed by atoms with van der Waals surface area (Å²) in [4.78, 5) is 2.42. The van der Waals surface area contributed by atoms with E-state index in [1.807, 2.05) is 18.2 Å². The topological polar surface area (TPSA) is 23.5 Å². The third-order valence-corrected chi connectivity index (χ3v) is 4.24. The molecular formula is C14H19NO. The van der Waals surface area contributed by atoms with Crippen LogP contribution in [0.5, 0.6) is 0 Å². The Bertz CT molecular complexity index is 378. The molecule has 2 heterocycles. The van der Waals surface area contributed by atoms with Crippen molar-refractivity contribution >= 4 is 0 Å². The van der Waals surface area contributed by atoms with Gasteiger partial charge in [0.1, 0.15) is 5.60 Å². The standard InChI is InChI=1S/C14H19NO/c1-11-7-8-15-10-14(16,13(15)9-11)12-5-3-2-4-6-12/h2-6,11,13,16H,7-10H2,1H3/t11-,13+,14-/m1/s1. The number of piperidine rings is 1.